The molecule has 0 saturated heterocycles. The number of alkyl halides is 5. The Hall–Kier alpha value is -4.74. The molecular weight excluding hydrogens is 662 g/mol. The summed E-state index contributed by atoms with van der Waals surface area (Å²) in [7, 11) is 1.24. The lowest BCUT2D eigenvalue weighted by Crippen LogP contribution is -2.08. The summed E-state index contributed by atoms with van der Waals surface area (Å²) in [6.45, 7) is 0. The van der Waals surface area contributed by atoms with Crippen molar-refractivity contribution in [3.8, 4) is 33.6 Å². The number of ether oxygens (including phenoxy) is 1. The molecule has 6 aromatic rings. The average molecular weight is 683 g/mol. The highest BCUT2D eigenvalue weighted by atomic mass is 35.5. The Bertz CT molecular complexity index is 2130. The number of hydrogen-bond acceptors (Lipinski definition) is 4. The van der Waals surface area contributed by atoms with Crippen LogP contribution in [0.15, 0.2) is 108 Å². The number of halogens is 7. The van der Waals surface area contributed by atoms with Gasteiger partial charge < -0.3 is 4.74 Å². The van der Waals surface area contributed by atoms with E-state index < -0.39 is 35.6 Å². The van der Waals surface area contributed by atoms with Crippen molar-refractivity contribution in [2.24, 2.45) is 0 Å². The van der Waals surface area contributed by atoms with Crippen LogP contribution in [-0.2, 0) is 10.9 Å². The van der Waals surface area contributed by atoms with Gasteiger partial charge in [-0.2, -0.15) is 13.2 Å². The van der Waals surface area contributed by atoms with E-state index in [9.17, 15) is 31.1 Å². The zero-order chi connectivity index (χ0) is 33.5. The number of hydrogen-bond donors (Lipinski definition) is 0. The molecule has 0 amide bonds. The highest BCUT2D eigenvalue weighted by Gasteiger charge is 2.36. The quantitative estimate of drug-likeness (QED) is 0.124. The van der Waals surface area contributed by atoms with E-state index >= 15 is 0 Å². The van der Waals surface area contributed by atoms with E-state index in [4.69, 9.17) is 16.3 Å². The van der Waals surface area contributed by atoms with Crippen LogP contribution in [0.25, 0.3) is 44.5 Å². The van der Waals surface area contributed by atoms with E-state index in [1.807, 2.05) is 0 Å². The molecule has 12 heteroatoms. The standard InChI is InChI=1S/C35H21ClF6N2O2S/c1-46-34(45)22-9-13-25(28(36)17-22)20-4-2-5-21(16-20)32-30(31-27(35(40,41)42)6-3-15-43-31)26-18-23(37)10-14-29(26)44(32)47-24-11-7-19(8-12-24)33(38)39/h2-18,33H,1H3. The Morgan fingerprint density at radius 1 is 0.915 bits per heavy atom. The van der Waals surface area contributed by atoms with Gasteiger partial charge in [-0.3, -0.25) is 8.96 Å². The van der Waals surface area contributed by atoms with Crippen LogP contribution in [0, 0.1) is 5.82 Å². The predicted octanol–water partition coefficient (Wildman–Crippen LogP) is 11.1. The maximum Gasteiger partial charge on any atom is 0.418 e. The number of fused-ring (bicyclic) bond motifs is 1. The number of esters is 1. The number of methoxy groups -OCH3 is 1. The largest absolute Gasteiger partial charge is 0.465 e. The molecule has 6 rings (SSSR count). The maximum absolute atomic E-state index is 14.8. The molecule has 0 N–H and O–H groups in total. The van der Waals surface area contributed by atoms with Gasteiger partial charge in [0.15, 0.2) is 0 Å². The van der Waals surface area contributed by atoms with E-state index in [0.29, 0.717) is 27.1 Å². The van der Waals surface area contributed by atoms with Gasteiger partial charge in [0.05, 0.1) is 35.1 Å². The molecule has 0 atom stereocenters. The number of pyridine rings is 1. The lowest BCUT2D eigenvalue weighted by Gasteiger charge is -2.16. The third-order valence-electron chi connectivity index (χ3n) is 7.40. The first-order valence-electron chi connectivity index (χ1n) is 13.9. The van der Waals surface area contributed by atoms with Crippen LogP contribution in [0.4, 0.5) is 26.3 Å². The minimum absolute atomic E-state index is 0.0217. The Labute approximate surface area is 273 Å². The van der Waals surface area contributed by atoms with Crippen LogP contribution in [0.1, 0.15) is 27.9 Å². The number of carbonyl (C=O) groups excluding carboxylic acids is 1. The summed E-state index contributed by atoms with van der Waals surface area (Å²) in [6.07, 6.45) is -6.25. The van der Waals surface area contributed by atoms with Crippen molar-refractivity contribution in [3.63, 3.8) is 0 Å². The lowest BCUT2D eigenvalue weighted by molar-refractivity contribution is -0.137. The number of carbonyl (C=O) groups is 1. The molecule has 4 aromatic carbocycles. The van der Waals surface area contributed by atoms with E-state index in [1.54, 1.807) is 34.3 Å². The van der Waals surface area contributed by atoms with E-state index in [1.165, 1.54) is 67.9 Å². The highest BCUT2D eigenvalue weighted by molar-refractivity contribution is 7.98. The van der Waals surface area contributed by atoms with E-state index in [-0.39, 0.29) is 32.8 Å². The fraction of sp³-hybridized carbons (Fsp3) is 0.0857. The van der Waals surface area contributed by atoms with Crippen molar-refractivity contribution < 1.29 is 35.9 Å². The summed E-state index contributed by atoms with van der Waals surface area (Å²) in [6, 6.07) is 22.8. The second kappa shape index (κ2) is 12.8. The highest BCUT2D eigenvalue weighted by Crippen LogP contribution is 2.48. The molecule has 0 aliphatic heterocycles. The molecule has 238 valence electrons. The second-order valence-electron chi connectivity index (χ2n) is 10.3. The van der Waals surface area contributed by atoms with Gasteiger partial charge in [0.1, 0.15) is 5.82 Å². The average Bonchev–Trinajstić information content (AvgIpc) is 3.36. The summed E-state index contributed by atoms with van der Waals surface area (Å²) < 4.78 is 91.1. The van der Waals surface area contributed by atoms with Crippen LogP contribution in [0.5, 0.6) is 0 Å². The van der Waals surface area contributed by atoms with Gasteiger partial charge in [-0.05, 0) is 78.2 Å². The molecule has 4 nitrogen and oxygen atoms in total. The van der Waals surface area contributed by atoms with Gasteiger partial charge in [0.25, 0.3) is 6.43 Å². The summed E-state index contributed by atoms with van der Waals surface area (Å²) >= 11 is 7.64. The van der Waals surface area contributed by atoms with Gasteiger partial charge in [0.2, 0.25) is 0 Å². The number of benzene rings is 4. The first kappa shape index (κ1) is 32.2. The molecular formula is C35H21ClF6N2O2S. The minimum atomic E-state index is -4.79. The number of aromatic nitrogens is 2. The number of nitrogens with zero attached hydrogens (tertiary/aromatic N) is 2. The minimum Gasteiger partial charge on any atom is -0.465 e. The molecule has 0 spiro atoms. The zero-order valence-corrected chi connectivity index (χ0v) is 25.7. The topological polar surface area (TPSA) is 44.1 Å². The third-order valence-corrected chi connectivity index (χ3v) is 8.76. The first-order chi connectivity index (χ1) is 22.5. The molecule has 0 radical (unpaired) electrons. The van der Waals surface area contributed by atoms with E-state index in [0.717, 1.165) is 24.1 Å². The first-order valence-corrected chi connectivity index (χ1v) is 15.0. The molecule has 2 heterocycles. The van der Waals surface area contributed by atoms with Crippen molar-refractivity contribution in [3.05, 3.63) is 131 Å². The van der Waals surface area contributed by atoms with Crippen LogP contribution < -0.4 is 0 Å². The summed E-state index contributed by atoms with van der Waals surface area (Å²) in [5, 5.41) is 0.386. The SMILES string of the molecule is COC(=O)c1ccc(-c2cccc(-c3c(-c4ncccc4C(F)(F)F)c4cc(F)ccc4n3Sc3ccc(C(F)F)cc3)c2)c(Cl)c1. The third kappa shape index (κ3) is 6.33. The van der Waals surface area contributed by atoms with Crippen LogP contribution in [0.2, 0.25) is 5.02 Å². The van der Waals surface area contributed by atoms with Crippen LogP contribution in [-0.4, -0.2) is 22.0 Å². The lowest BCUT2D eigenvalue weighted by atomic mass is 9.96. The van der Waals surface area contributed by atoms with Crippen LogP contribution in [0.3, 0.4) is 0 Å². The number of rotatable bonds is 7. The van der Waals surface area contributed by atoms with Crippen molar-refractivity contribution in [1.82, 2.24) is 8.96 Å². The molecule has 0 aliphatic carbocycles. The van der Waals surface area contributed by atoms with Gasteiger partial charge in [-0.15, -0.1) is 0 Å². The Morgan fingerprint density at radius 3 is 2.34 bits per heavy atom. The molecule has 0 aliphatic rings. The predicted molar refractivity (Wildman–Crippen MR) is 170 cm³/mol. The Balaban J connectivity index is 1.64. The zero-order valence-electron chi connectivity index (χ0n) is 24.2. The smallest absolute Gasteiger partial charge is 0.418 e. The summed E-state index contributed by atoms with van der Waals surface area (Å²) in [5.74, 6) is -1.26. The van der Waals surface area contributed by atoms with E-state index in [2.05, 4.69) is 4.98 Å². The Kier molecular flexibility index (Phi) is 8.78. The Morgan fingerprint density at radius 2 is 1.66 bits per heavy atom. The van der Waals surface area contributed by atoms with Gasteiger partial charge in [0, 0.05) is 43.8 Å². The second-order valence-corrected chi connectivity index (χ2v) is 11.7. The monoisotopic (exact) mass is 682 g/mol. The van der Waals surface area contributed by atoms with Gasteiger partial charge in [-0.25, -0.2) is 18.0 Å². The summed E-state index contributed by atoms with van der Waals surface area (Å²) in [5.41, 5.74) is 0.766. The molecule has 2 aromatic heterocycles. The van der Waals surface area contributed by atoms with Gasteiger partial charge >= 0.3 is 12.1 Å². The fourth-order valence-electron chi connectivity index (χ4n) is 5.27. The molecule has 0 saturated carbocycles. The van der Waals surface area contributed by atoms with Crippen molar-refractivity contribution in [2.45, 2.75) is 17.5 Å². The van der Waals surface area contributed by atoms with Crippen molar-refractivity contribution in [1.29, 1.82) is 0 Å². The van der Waals surface area contributed by atoms with Crippen molar-refractivity contribution in [2.75, 3.05) is 7.11 Å². The molecule has 0 unspecified atom stereocenters. The summed E-state index contributed by atoms with van der Waals surface area (Å²) in [4.78, 5) is 16.7. The molecule has 47 heavy (non-hydrogen) atoms. The van der Waals surface area contributed by atoms with Gasteiger partial charge in [-0.1, -0.05) is 48.0 Å². The maximum atomic E-state index is 14.8. The normalized spacial score (nSPS) is 11.8. The molecule has 0 fully saturated rings. The van der Waals surface area contributed by atoms with Crippen LogP contribution >= 0.6 is 23.5 Å². The molecule has 0 bridgehead atoms. The van der Waals surface area contributed by atoms with Crippen molar-refractivity contribution >= 4 is 40.4 Å². The fourth-order valence-corrected chi connectivity index (χ4v) is 6.58.